The van der Waals surface area contributed by atoms with Gasteiger partial charge in [0, 0.05) is 11.0 Å². The predicted octanol–water partition coefficient (Wildman–Crippen LogP) is 3.54. The Labute approximate surface area is 96.4 Å². The molecular formula is C10H13Br2N. The number of rotatable bonds is 3. The number of nitrogens with zero attached hydrogens (tertiary/aromatic N) is 1. The fourth-order valence-corrected chi connectivity index (χ4v) is 1.73. The van der Waals surface area contributed by atoms with Crippen LogP contribution >= 0.6 is 31.9 Å². The molecule has 13 heavy (non-hydrogen) atoms. The summed E-state index contributed by atoms with van der Waals surface area (Å²) in [6.07, 6.45) is 0. The Balaban J connectivity index is 2.81. The van der Waals surface area contributed by atoms with Gasteiger partial charge in [0.2, 0.25) is 0 Å². The number of hydrogen-bond donors (Lipinski definition) is 0. The second-order valence-corrected chi connectivity index (χ2v) is 4.62. The Bertz CT molecular complexity index is 286. The van der Waals surface area contributed by atoms with Crippen molar-refractivity contribution in [1.82, 2.24) is 4.90 Å². The molecule has 0 amide bonds. The smallest absolute Gasteiger partial charge is 0.0542 e. The minimum Gasteiger partial charge on any atom is -0.292 e. The van der Waals surface area contributed by atoms with E-state index in [4.69, 9.17) is 0 Å². The van der Waals surface area contributed by atoms with Gasteiger partial charge in [-0.1, -0.05) is 37.9 Å². The molecule has 0 bridgehead atoms. The average molecular weight is 307 g/mol. The van der Waals surface area contributed by atoms with Crippen LogP contribution in [0.4, 0.5) is 0 Å². The summed E-state index contributed by atoms with van der Waals surface area (Å²) < 4.78 is 1.15. The van der Waals surface area contributed by atoms with Crippen molar-refractivity contribution in [3.63, 3.8) is 0 Å². The van der Waals surface area contributed by atoms with Gasteiger partial charge in [-0.3, -0.25) is 4.90 Å². The van der Waals surface area contributed by atoms with Crippen molar-refractivity contribution in [3.8, 4) is 0 Å². The minimum absolute atomic E-state index is 0.902. The van der Waals surface area contributed by atoms with Crippen molar-refractivity contribution in [1.29, 1.82) is 0 Å². The lowest BCUT2D eigenvalue weighted by molar-refractivity contribution is 0.389. The van der Waals surface area contributed by atoms with E-state index in [9.17, 15) is 0 Å². The molecule has 0 N–H and O–H groups in total. The summed E-state index contributed by atoms with van der Waals surface area (Å²) in [6, 6.07) is 6.39. The third-order valence-corrected chi connectivity index (χ3v) is 3.30. The number of aryl methyl sites for hydroxylation is 1. The average Bonchev–Trinajstić information content (AvgIpc) is 2.11. The highest BCUT2D eigenvalue weighted by Gasteiger charge is 2.02. The van der Waals surface area contributed by atoms with E-state index in [0.29, 0.717) is 0 Å². The van der Waals surface area contributed by atoms with Crippen molar-refractivity contribution in [2.45, 2.75) is 13.5 Å². The van der Waals surface area contributed by atoms with Gasteiger partial charge in [-0.25, -0.2) is 0 Å². The molecule has 0 unspecified atom stereocenters. The quantitative estimate of drug-likeness (QED) is 0.610. The van der Waals surface area contributed by atoms with E-state index in [2.05, 4.69) is 68.9 Å². The molecule has 0 atom stereocenters. The lowest BCUT2D eigenvalue weighted by atomic mass is 10.1. The van der Waals surface area contributed by atoms with Crippen LogP contribution in [0, 0.1) is 6.92 Å². The first kappa shape index (κ1) is 11.2. The Morgan fingerprint density at radius 2 is 2.08 bits per heavy atom. The zero-order valence-corrected chi connectivity index (χ0v) is 11.0. The van der Waals surface area contributed by atoms with Gasteiger partial charge in [-0.2, -0.15) is 0 Å². The van der Waals surface area contributed by atoms with E-state index < -0.39 is 0 Å². The summed E-state index contributed by atoms with van der Waals surface area (Å²) in [4.78, 5) is 2.22. The lowest BCUT2D eigenvalue weighted by Gasteiger charge is -2.14. The first-order valence-corrected chi connectivity index (χ1v) is 6.04. The molecule has 1 aromatic rings. The molecule has 0 heterocycles. The molecule has 1 aromatic carbocycles. The SMILES string of the molecule is Cc1ccc(Br)cc1CN(C)CBr. The molecule has 72 valence electrons. The monoisotopic (exact) mass is 305 g/mol. The Kier molecular flexibility index (Phi) is 4.42. The Morgan fingerprint density at radius 1 is 1.38 bits per heavy atom. The van der Waals surface area contributed by atoms with Crippen LogP contribution in [-0.2, 0) is 6.54 Å². The van der Waals surface area contributed by atoms with Crippen LogP contribution in [0.2, 0.25) is 0 Å². The summed E-state index contributed by atoms with van der Waals surface area (Å²) in [5.74, 6) is 0. The summed E-state index contributed by atoms with van der Waals surface area (Å²) in [6.45, 7) is 3.13. The van der Waals surface area contributed by atoms with Crippen LogP contribution in [0.5, 0.6) is 0 Å². The maximum atomic E-state index is 3.48. The second-order valence-electron chi connectivity index (χ2n) is 3.20. The molecule has 0 fully saturated rings. The fourth-order valence-electron chi connectivity index (χ4n) is 1.14. The van der Waals surface area contributed by atoms with E-state index in [1.165, 1.54) is 11.1 Å². The van der Waals surface area contributed by atoms with Crippen molar-refractivity contribution >= 4 is 31.9 Å². The molecule has 0 saturated heterocycles. The molecule has 0 radical (unpaired) electrons. The van der Waals surface area contributed by atoms with Crippen molar-refractivity contribution < 1.29 is 0 Å². The zero-order valence-electron chi connectivity index (χ0n) is 7.85. The summed E-state index contributed by atoms with van der Waals surface area (Å²) in [5.41, 5.74) is 3.62. The zero-order chi connectivity index (χ0) is 9.84. The fraction of sp³-hybridized carbons (Fsp3) is 0.400. The van der Waals surface area contributed by atoms with Crippen LogP contribution < -0.4 is 0 Å². The highest BCUT2D eigenvalue weighted by molar-refractivity contribution is 9.10. The molecule has 1 rings (SSSR count). The van der Waals surface area contributed by atoms with Crippen LogP contribution in [0.1, 0.15) is 11.1 Å². The van der Waals surface area contributed by atoms with Gasteiger partial charge >= 0.3 is 0 Å². The van der Waals surface area contributed by atoms with Gasteiger partial charge in [-0.05, 0) is 37.2 Å². The maximum absolute atomic E-state index is 3.48. The first-order valence-electron chi connectivity index (χ1n) is 4.13. The largest absolute Gasteiger partial charge is 0.292 e. The Hall–Kier alpha value is 0.140. The lowest BCUT2D eigenvalue weighted by Crippen LogP contribution is -2.15. The molecule has 0 aliphatic heterocycles. The first-order chi connectivity index (χ1) is 6.13. The molecule has 0 spiro atoms. The highest BCUT2D eigenvalue weighted by atomic mass is 79.9. The molecule has 0 aromatic heterocycles. The van der Waals surface area contributed by atoms with Gasteiger partial charge in [-0.15, -0.1) is 0 Å². The van der Waals surface area contributed by atoms with E-state index in [-0.39, 0.29) is 0 Å². The third-order valence-electron chi connectivity index (χ3n) is 1.96. The van der Waals surface area contributed by atoms with Crippen molar-refractivity contribution in [3.05, 3.63) is 33.8 Å². The van der Waals surface area contributed by atoms with Crippen molar-refractivity contribution in [2.24, 2.45) is 0 Å². The number of benzene rings is 1. The third kappa shape index (κ3) is 3.41. The van der Waals surface area contributed by atoms with E-state index in [1.807, 2.05) is 0 Å². The molecule has 0 aliphatic carbocycles. The van der Waals surface area contributed by atoms with Crippen LogP contribution in [0.25, 0.3) is 0 Å². The molecule has 0 saturated carbocycles. The molecular weight excluding hydrogens is 294 g/mol. The molecule has 0 aliphatic rings. The summed E-state index contributed by atoms with van der Waals surface area (Å²) >= 11 is 6.91. The normalized spacial score (nSPS) is 10.8. The standard InChI is InChI=1S/C10H13Br2N/c1-8-3-4-10(12)5-9(8)6-13(2)7-11/h3-5H,6-7H2,1-2H3. The van der Waals surface area contributed by atoms with Gasteiger partial charge in [0.25, 0.3) is 0 Å². The number of hydrogen-bond acceptors (Lipinski definition) is 1. The molecule has 3 heteroatoms. The number of alkyl halides is 1. The van der Waals surface area contributed by atoms with Crippen LogP contribution in [0.15, 0.2) is 22.7 Å². The Morgan fingerprint density at radius 3 is 2.69 bits per heavy atom. The van der Waals surface area contributed by atoms with Gasteiger partial charge in [0.05, 0.1) is 5.45 Å². The van der Waals surface area contributed by atoms with Crippen molar-refractivity contribution in [2.75, 3.05) is 12.5 Å². The van der Waals surface area contributed by atoms with Crippen LogP contribution in [0.3, 0.4) is 0 Å². The van der Waals surface area contributed by atoms with Gasteiger partial charge in [0.15, 0.2) is 0 Å². The van der Waals surface area contributed by atoms with E-state index in [0.717, 1.165) is 16.5 Å². The van der Waals surface area contributed by atoms with Gasteiger partial charge < -0.3 is 0 Å². The predicted molar refractivity (Wildman–Crippen MR) is 64.1 cm³/mol. The number of halogens is 2. The van der Waals surface area contributed by atoms with Gasteiger partial charge in [0.1, 0.15) is 0 Å². The topological polar surface area (TPSA) is 3.24 Å². The van der Waals surface area contributed by atoms with E-state index in [1.54, 1.807) is 0 Å². The van der Waals surface area contributed by atoms with E-state index >= 15 is 0 Å². The molecule has 1 nitrogen and oxygen atoms in total. The van der Waals surface area contributed by atoms with Crippen LogP contribution in [-0.4, -0.2) is 17.4 Å². The summed E-state index contributed by atoms with van der Waals surface area (Å²) in [5, 5.41) is 0. The second kappa shape index (κ2) is 5.13. The minimum atomic E-state index is 0.902. The maximum Gasteiger partial charge on any atom is 0.0542 e. The summed E-state index contributed by atoms with van der Waals surface area (Å²) in [7, 11) is 2.09. The highest BCUT2D eigenvalue weighted by Crippen LogP contribution is 2.17.